The molecule has 1 atom stereocenters. The molecule has 0 amide bonds. The second kappa shape index (κ2) is 6.20. The molecule has 0 bridgehead atoms. The number of carbonyl (C=O) groups is 1. The summed E-state index contributed by atoms with van der Waals surface area (Å²) < 4.78 is 28.5. The molecule has 1 heterocycles. The van der Waals surface area contributed by atoms with Crippen LogP contribution in [0.25, 0.3) is 5.69 Å². The summed E-state index contributed by atoms with van der Waals surface area (Å²) in [5.41, 5.74) is 1.57. The minimum atomic E-state index is -1.20. The van der Waals surface area contributed by atoms with Crippen LogP contribution in [0.5, 0.6) is 0 Å². The molecule has 124 valence electrons. The van der Waals surface area contributed by atoms with Crippen LogP contribution in [0.1, 0.15) is 35.4 Å². The number of nitrogens with zero attached hydrogens (tertiary/aromatic N) is 2. The molecule has 0 fully saturated rings. The van der Waals surface area contributed by atoms with Crippen LogP contribution in [0.3, 0.4) is 0 Å². The third kappa shape index (κ3) is 3.10. The van der Waals surface area contributed by atoms with Crippen LogP contribution in [0.15, 0.2) is 47.8 Å². The highest BCUT2D eigenvalue weighted by atomic mass is 35.5. The molecular formula is C17H13ClF2N2O2. The number of hydrogen-bond donors (Lipinski definition) is 1. The van der Waals surface area contributed by atoms with Gasteiger partial charge in [0.25, 0.3) is 0 Å². The van der Waals surface area contributed by atoms with Crippen molar-refractivity contribution in [3.8, 4) is 5.69 Å². The van der Waals surface area contributed by atoms with Crippen molar-refractivity contribution < 1.29 is 18.7 Å². The number of aromatic carboxylic acids is 1. The Kier molecular flexibility index (Phi) is 4.24. The fourth-order valence-corrected chi connectivity index (χ4v) is 2.89. The Hall–Kier alpha value is -2.47. The SMILES string of the molecule is CC1=CC(F)=CC(c2cc(C(=O)O)nn2-c2ccc(F)c(Cl)c2)C1. The molecular weight excluding hydrogens is 338 g/mol. The average Bonchev–Trinajstić information content (AvgIpc) is 2.94. The van der Waals surface area contributed by atoms with E-state index in [2.05, 4.69) is 5.10 Å². The minimum absolute atomic E-state index is 0.104. The molecule has 1 unspecified atom stereocenters. The second-order valence-corrected chi connectivity index (χ2v) is 6.03. The van der Waals surface area contributed by atoms with Crippen LogP contribution in [-0.4, -0.2) is 20.9 Å². The Morgan fingerprint density at radius 1 is 1.38 bits per heavy atom. The van der Waals surface area contributed by atoms with Gasteiger partial charge in [-0.05, 0) is 49.8 Å². The van der Waals surface area contributed by atoms with Gasteiger partial charge in [0.2, 0.25) is 0 Å². The highest BCUT2D eigenvalue weighted by Gasteiger charge is 2.23. The van der Waals surface area contributed by atoms with Crippen LogP contribution >= 0.6 is 11.6 Å². The van der Waals surface area contributed by atoms with Gasteiger partial charge in [-0.15, -0.1) is 0 Å². The zero-order valence-electron chi connectivity index (χ0n) is 12.6. The van der Waals surface area contributed by atoms with E-state index in [1.54, 1.807) is 6.92 Å². The fraction of sp³-hybridized carbons (Fsp3) is 0.176. The number of carboxylic acid groups (broad SMARTS) is 1. The van der Waals surface area contributed by atoms with E-state index in [1.165, 1.54) is 41.1 Å². The monoisotopic (exact) mass is 350 g/mol. The highest BCUT2D eigenvalue weighted by Crippen LogP contribution is 2.33. The first kappa shape index (κ1) is 16.4. The largest absolute Gasteiger partial charge is 0.476 e. The molecule has 24 heavy (non-hydrogen) atoms. The van der Waals surface area contributed by atoms with Crippen molar-refractivity contribution in [2.24, 2.45) is 0 Å². The molecule has 4 nitrogen and oxygen atoms in total. The summed E-state index contributed by atoms with van der Waals surface area (Å²) in [5, 5.41) is 13.1. The third-order valence-electron chi connectivity index (χ3n) is 3.77. The standard InChI is InChI=1S/C17H13ClF2N2O2/c1-9-4-10(6-11(19)5-9)16-8-15(17(23)24)21-22(16)12-2-3-14(20)13(18)7-12/h2-3,5-8,10H,4H2,1H3,(H,23,24). The van der Waals surface area contributed by atoms with E-state index in [1.807, 2.05) is 0 Å². The van der Waals surface area contributed by atoms with Gasteiger partial charge < -0.3 is 5.11 Å². The predicted octanol–water partition coefficient (Wildman–Crippen LogP) is 4.65. The van der Waals surface area contributed by atoms with Crippen LogP contribution in [0, 0.1) is 5.82 Å². The Morgan fingerprint density at radius 2 is 2.12 bits per heavy atom. The fourth-order valence-electron chi connectivity index (χ4n) is 2.72. The van der Waals surface area contributed by atoms with Crippen molar-refractivity contribution in [3.05, 3.63) is 70.0 Å². The average molecular weight is 351 g/mol. The van der Waals surface area contributed by atoms with Crippen molar-refractivity contribution in [2.75, 3.05) is 0 Å². The summed E-state index contributed by atoms with van der Waals surface area (Å²) in [7, 11) is 0. The van der Waals surface area contributed by atoms with Crippen LogP contribution < -0.4 is 0 Å². The number of halogens is 3. The van der Waals surface area contributed by atoms with Gasteiger partial charge in [-0.1, -0.05) is 17.2 Å². The maximum absolute atomic E-state index is 13.8. The van der Waals surface area contributed by atoms with E-state index in [-0.39, 0.29) is 22.5 Å². The quantitative estimate of drug-likeness (QED) is 0.876. The first-order chi connectivity index (χ1) is 11.3. The first-order valence-corrected chi connectivity index (χ1v) is 7.56. The molecule has 0 spiro atoms. The van der Waals surface area contributed by atoms with Gasteiger partial charge in [-0.2, -0.15) is 5.10 Å². The Balaban J connectivity index is 2.13. The van der Waals surface area contributed by atoms with Crippen molar-refractivity contribution in [1.29, 1.82) is 0 Å². The van der Waals surface area contributed by atoms with E-state index in [0.717, 1.165) is 5.57 Å². The lowest BCUT2D eigenvalue weighted by molar-refractivity contribution is 0.0690. The second-order valence-electron chi connectivity index (χ2n) is 5.62. The van der Waals surface area contributed by atoms with Gasteiger partial charge in [0.1, 0.15) is 11.6 Å². The number of rotatable bonds is 3. The Bertz CT molecular complexity index is 887. The molecule has 1 aliphatic carbocycles. The molecule has 0 aliphatic heterocycles. The highest BCUT2D eigenvalue weighted by molar-refractivity contribution is 6.30. The van der Waals surface area contributed by atoms with Gasteiger partial charge in [0, 0.05) is 5.92 Å². The lowest BCUT2D eigenvalue weighted by atomic mass is 9.91. The Labute approximate surface area is 141 Å². The number of hydrogen-bond acceptors (Lipinski definition) is 2. The van der Waals surface area contributed by atoms with Gasteiger partial charge in [0.05, 0.1) is 16.4 Å². The van der Waals surface area contributed by atoms with Gasteiger partial charge in [0.15, 0.2) is 5.69 Å². The number of allylic oxidation sites excluding steroid dienone is 4. The first-order valence-electron chi connectivity index (χ1n) is 7.18. The lowest BCUT2D eigenvalue weighted by Crippen LogP contribution is -2.09. The molecule has 3 rings (SSSR count). The molecule has 7 heteroatoms. The zero-order chi connectivity index (χ0) is 17.4. The normalized spacial score (nSPS) is 17.4. The van der Waals surface area contributed by atoms with Crippen LogP contribution in [0.2, 0.25) is 5.02 Å². The maximum atomic E-state index is 13.8. The predicted molar refractivity (Wildman–Crippen MR) is 85.8 cm³/mol. The molecule has 2 aromatic rings. The molecule has 0 saturated carbocycles. The molecule has 0 saturated heterocycles. The van der Waals surface area contributed by atoms with Crippen molar-refractivity contribution in [2.45, 2.75) is 19.3 Å². The summed E-state index contributed by atoms with van der Waals surface area (Å²) in [4.78, 5) is 11.3. The van der Waals surface area contributed by atoms with E-state index < -0.39 is 11.8 Å². The minimum Gasteiger partial charge on any atom is -0.476 e. The molecule has 1 aromatic carbocycles. The van der Waals surface area contributed by atoms with Crippen molar-refractivity contribution in [1.82, 2.24) is 9.78 Å². The summed E-state index contributed by atoms with van der Waals surface area (Å²) in [6, 6.07) is 5.36. The summed E-state index contributed by atoms with van der Waals surface area (Å²) in [5.74, 6) is -2.55. The molecule has 0 radical (unpaired) electrons. The number of aromatic nitrogens is 2. The van der Waals surface area contributed by atoms with Crippen molar-refractivity contribution >= 4 is 17.6 Å². The maximum Gasteiger partial charge on any atom is 0.356 e. The van der Waals surface area contributed by atoms with Crippen LogP contribution in [-0.2, 0) is 0 Å². The topological polar surface area (TPSA) is 55.1 Å². The van der Waals surface area contributed by atoms with E-state index in [9.17, 15) is 18.7 Å². The van der Waals surface area contributed by atoms with E-state index >= 15 is 0 Å². The van der Waals surface area contributed by atoms with E-state index in [0.29, 0.717) is 17.8 Å². The molecule has 1 aliphatic rings. The number of carboxylic acids is 1. The Morgan fingerprint density at radius 3 is 2.75 bits per heavy atom. The van der Waals surface area contributed by atoms with Crippen LogP contribution in [0.4, 0.5) is 8.78 Å². The van der Waals surface area contributed by atoms with E-state index in [4.69, 9.17) is 11.6 Å². The third-order valence-corrected chi connectivity index (χ3v) is 4.06. The summed E-state index contributed by atoms with van der Waals surface area (Å²) in [6.07, 6.45) is 3.38. The van der Waals surface area contributed by atoms with Gasteiger partial charge >= 0.3 is 5.97 Å². The molecule has 1 aromatic heterocycles. The number of benzene rings is 1. The lowest BCUT2D eigenvalue weighted by Gasteiger charge is -2.19. The van der Waals surface area contributed by atoms with Gasteiger partial charge in [-0.3, -0.25) is 0 Å². The molecule has 1 N–H and O–H groups in total. The zero-order valence-corrected chi connectivity index (χ0v) is 13.4. The smallest absolute Gasteiger partial charge is 0.356 e. The summed E-state index contributed by atoms with van der Waals surface area (Å²) in [6.45, 7) is 1.80. The summed E-state index contributed by atoms with van der Waals surface area (Å²) >= 11 is 5.80. The van der Waals surface area contributed by atoms with Gasteiger partial charge in [-0.25, -0.2) is 18.3 Å². The van der Waals surface area contributed by atoms with Crippen molar-refractivity contribution in [3.63, 3.8) is 0 Å².